The smallest absolute Gasteiger partial charge is 0.328 e. The van der Waals surface area contributed by atoms with E-state index in [1.807, 2.05) is 0 Å². The lowest BCUT2D eigenvalue weighted by Gasteiger charge is -2.10. The molecule has 1 N–H and O–H groups in total. The van der Waals surface area contributed by atoms with Gasteiger partial charge in [-0.25, -0.2) is 4.79 Å². The number of imide groups is 1. The first-order valence-electron chi connectivity index (χ1n) is 4.70. The maximum Gasteiger partial charge on any atom is 0.328 e. The highest BCUT2D eigenvalue weighted by Crippen LogP contribution is 2.24. The highest BCUT2D eigenvalue weighted by molar-refractivity contribution is 6.04. The topological polar surface area (TPSA) is 74.7 Å². The van der Waals surface area contributed by atoms with Crippen molar-refractivity contribution in [2.75, 3.05) is 6.54 Å². The molecule has 82 valence electrons. The Kier molecular flexibility index (Phi) is 3.24. The maximum absolute atomic E-state index is 11.5. The third-order valence-corrected chi connectivity index (χ3v) is 2.61. The minimum atomic E-state index is -1.09. The monoisotopic (exact) mass is 211 g/mol. The number of nitrogens with zero attached hydrogens (tertiary/aromatic N) is 1. The van der Waals surface area contributed by atoms with Crippen molar-refractivity contribution in [3.05, 3.63) is 12.2 Å². The molecule has 1 fully saturated rings. The van der Waals surface area contributed by atoms with Crippen LogP contribution in [0, 0.1) is 11.8 Å². The molecule has 1 aliphatic rings. The summed E-state index contributed by atoms with van der Waals surface area (Å²) in [6, 6.07) is 0. The van der Waals surface area contributed by atoms with E-state index >= 15 is 0 Å². The zero-order chi connectivity index (χ0) is 11.6. The van der Waals surface area contributed by atoms with Gasteiger partial charge in [0.25, 0.3) is 0 Å². The van der Waals surface area contributed by atoms with Crippen LogP contribution in [-0.4, -0.2) is 34.3 Å². The molecular weight excluding hydrogens is 198 g/mol. The van der Waals surface area contributed by atoms with Crippen molar-refractivity contribution in [2.45, 2.75) is 13.8 Å². The lowest BCUT2D eigenvalue weighted by atomic mass is 10.00. The molecule has 5 nitrogen and oxygen atoms in total. The van der Waals surface area contributed by atoms with Crippen molar-refractivity contribution in [2.24, 2.45) is 11.8 Å². The summed E-state index contributed by atoms with van der Waals surface area (Å²) in [7, 11) is 0. The van der Waals surface area contributed by atoms with E-state index in [1.54, 1.807) is 13.8 Å². The molecule has 0 saturated carbocycles. The second kappa shape index (κ2) is 4.25. The first-order valence-corrected chi connectivity index (χ1v) is 4.70. The Morgan fingerprint density at radius 1 is 1.33 bits per heavy atom. The van der Waals surface area contributed by atoms with E-state index in [2.05, 4.69) is 0 Å². The summed E-state index contributed by atoms with van der Waals surface area (Å²) < 4.78 is 0. The van der Waals surface area contributed by atoms with Gasteiger partial charge in [-0.1, -0.05) is 19.9 Å². The number of likely N-dealkylation sites (tertiary alicyclic amines) is 1. The van der Waals surface area contributed by atoms with Gasteiger partial charge in [0, 0.05) is 24.5 Å². The summed E-state index contributed by atoms with van der Waals surface area (Å²) in [6.45, 7) is 3.44. The fourth-order valence-corrected chi connectivity index (χ4v) is 1.47. The Hall–Kier alpha value is -1.65. The summed E-state index contributed by atoms with van der Waals surface area (Å²) in [5.74, 6) is -2.17. The van der Waals surface area contributed by atoms with E-state index in [9.17, 15) is 14.4 Å². The second-order valence-corrected chi connectivity index (χ2v) is 3.61. The molecule has 0 aromatic rings. The lowest BCUT2D eigenvalue weighted by Crippen LogP contribution is -2.31. The van der Waals surface area contributed by atoms with E-state index in [0.29, 0.717) is 0 Å². The van der Waals surface area contributed by atoms with Gasteiger partial charge in [-0.05, 0) is 0 Å². The molecule has 0 aliphatic carbocycles. The maximum atomic E-state index is 11.5. The van der Waals surface area contributed by atoms with Gasteiger partial charge in [-0.2, -0.15) is 0 Å². The van der Waals surface area contributed by atoms with Gasteiger partial charge in [0.05, 0.1) is 0 Å². The van der Waals surface area contributed by atoms with Gasteiger partial charge in [0.2, 0.25) is 11.8 Å². The van der Waals surface area contributed by atoms with Crippen molar-refractivity contribution in [1.82, 2.24) is 4.90 Å². The van der Waals surface area contributed by atoms with Crippen molar-refractivity contribution in [3.63, 3.8) is 0 Å². The van der Waals surface area contributed by atoms with Crippen LogP contribution in [-0.2, 0) is 14.4 Å². The Labute approximate surface area is 87.4 Å². The van der Waals surface area contributed by atoms with E-state index in [4.69, 9.17) is 5.11 Å². The van der Waals surface area contributed by atoms with Crippen molar-refractivity contribution < 1.29 is 19.5 Å². The number of aliphatic carboxylic acids is 1. The summed E-state index contributed by atoms with van der Waals surface area (Å²) in [4.78, 5) is 34.3. The molecule has 1 aliphatic heterocycles. The van der Waals surface area contributed by atoms with E-state index in [1.165, 1.54) is 6.08 Å². The molecular formula is C10H13NO4. The minimum Gasteiger partial charge on any atom is -0.478 e. The molecule has 2 atom stereocenters. The summed E-state index contributed by atoms with van der Waals surface area (Å²) >= 11 is 0. The fraction of sp³-hybridized carbons (Fsp3) is 0.500. The number of carboxylic acid groups (broad SMARTS) is 1. The summed E-state index contributed by atoms with van der Waals surface area (Å²) in [6.07, 6.45) is 2.22. The largest absolute Gasteiger partial charge is 0.478 e. The zero-order valence-electron chi connectivity index (χ0n) is 8.64. The van der Waals surface area contributed by atoms with Gasteiger partial charge in [-0.3, -0.25) is 14.5 Å². The van der Waals surface area contributed by atoms with Gasteiger partial charge < -0.3 is 5.11 Å². The SMILES string of the molecule is CC1C(=O)N(C/C=C/C(=O)O)C(=O)C1C. The molecule has 0 aromatic heterocycles. The molecule has 0 bridgehead atoms. The van der Waals surface area contributed by atoms with Crippen molar-refractivity contribution in [1.29, 1.82) is 0 Å². The van der Waals surface area contributed by atoms with E-state index in [-0.39, 0.29) is 30.2 Å². The van der Waals surface area contributed by atoms with Crippen LogP contribution in [0.3, 0.4) is 0 Å². The van der Waals surface area contributed by atoms with Crippen LogP contribution in [0.2, 0.25) is 0 Å². The van der Waals surface area contributed by atoms with Crippen LogP contribution < -0.4 is 0 Å². The van der Waals surface area contributed by atoms with Crippen molar-refractivity contribution in [3.8, 4) is 0 Å². The molecule has 0 spiro atoms. The third kappa shape index (κ3) is 2.23. The molecule has 5 heteroatoms. The molecule has 2 unspecified atom stereocenters. The highest BCUT2D eigenvalue weighted by atomic mass is 16.4. The minimum absolute atomic E-state index is 0.0403. The quantitative estimate of drug-likeness (QED) is 0.537. The first kappa shape index (κ1) is 11.4. The summed E-state index contributed by atoms with van der Waals surface area (Å²) in [5.41, 5.74) is 0. The summed E-state index contributed by atoms with van der Waals surface area (Å²) in [5, 5.41) is 8.35. The zero-order valence-corrected chi connectivity index (χ0v) is 8.64. The van der Waals surface area contributed by atoms with E-state index < -0.39 is 5.97 Å². The van der Waals surface area contributed by atoms with Gasteiger partial charge in [0.1, 0.15) is 0 Å². The molecule has 1 heterocycles. The number of carbonyl (C=O) groups is 3. The second-order valence-electron chi connectivity index (χ2n) is 3.61. The lowest BCUT2D eigenvalue weighted by molar-refractivity contribution is -0.139. The van der Waals surface area contributed by atoms with E-state index in [0.717, 1.165) is 11.0 Å². The number of carbonyl (C=O) groups excluding carboxylic acids is 2. The number of rotatable bonds is 3. The Bertz CT molecular complexity index is 314. The number of amides is 2. The number of hydrogen-bond donors (Lipinski definition) is 1. The number of hydrogen-bond acceptors (Lipinski definition) is 3. The first-order chi connectivity index (χ1) is 6.95. The van der Waals surface area contributed by atoms with Gasteiger partial charge in [-0.15, -0.1) is 0 Å². The van der Waals surface area contributed by atoms with Crippen LogP contribution >= 0.6 is 0 Å². The average Bonchev–Trinajstić information content (AvgIpc) is 2.34. The molecule has 0 radical (unpaired) electrons. The van der Waals surface area contributed by atoms with Gasteiger partial charge >= 0.3 is 5.97 Å². The molecule has 15 heavy (non-hydrogen) atoms. The molecule has 1 saturated heterocycles. The highest BCUT2D eigenvalue weighted by Gasteiger charge is 2.41. The standard InChI is InChI=1S/C10H13NO4/c1-6-7(2)10(15)11(9(6)14)5-3-4-8(12)13/h3-4,6-7H,5H2,1-2H3,(H,12,13)/b4-3+. The Balaban J connectivity index is 2.67. The Morgan fingerprint density at radius 3 is 2.20 bits per heavy atom. The van der Waals surface area contributed by atoms with Crippen molar-refractivity contribution >= 4 is 17.8 Å². The fourth-order valence-electron chi connectivity index (χ4n) is 1.47. The normalized spacial score (nSPS) is 26.7. The van der Waals surface area contributed by atoms with Crippen LogP contribution in [0.25, 0.3) is 0 Å². The average molecular weight is 211 g/mol. The van der Waals surface area contributed by atoms with Crippen LogP contribution in [0.5, 0.6) is 0 Å². The van der Waals surface area contributed by atoms with Crippen LogP contribution in [0.15, 0.2) is 12.2 Å². The molecule has 1 rings (SSSR count). The van der Waals surface area contributed by atoms with Gasteiger partial charge in [0.15, 0.2) is 0 Å². The predicted molar refractivity (Wildman–Crippen MR) is 51.8 cm³/mol. The molecule has 0 aromatic carbocycles. The third-order valence-electron chi connectivity index (χ3n) is 2.61. The predicted octanol–water partition coefficient (Wildman–Crippen LogP) is 0.268. The Morgan fingerprint density at radius 2 is 1.80 bits per heavy atom. The molecule has 2 amide bonds. The van der Waals surface area contributed by atoms with Crippen LogP contribution in [0.4, 0.5) is 0 Å². The number of carboxylic acids is 1. The van der Waals surface area contributed by atoms with Crippen LogP contribution in [0.1, 0.15) is 13.8 Å².